The number of hydrogen-bond donors (Lipinski definition) is 0. The number of carbonyl (C=O) groups is 1. The summed E-state index contributed by atoms with van der Waals surface area (Å²) >= 11 is 0. The molecule has 1 aliphatic rings. The minimum absolute atomic E-state index is 0.0486. The summed E-state index contributed by atoms with van der Waals surface area (Å²) in [6, 6.07) is 0. The molecule has 0 radical (unpaired) electrons. The van der Waals surface area contributed by atoms with E-state index in [1.807, 2.05) is 13.0 Å². The molecule has 1 atom stereocenters. The normalized spacial score (nSPS) is 23.5. The first-order valence-corrected chi connectivity index (χ1v) is 3.31. The first kappa shape index (κ1) is 7.06. The van der Waals surface area contributed by atoms with Crippen molar-refractivity contribution in [3.63, 3.8) is 0 Å². The molecular weight excluding hydrogens is 128 g/mol. The van der Waals surface area contributed by atoms with Gasteiger partial charge in [-0.25, -0.2) is 0 Å². The quantitative estimate of drug-likeness (QED) is 0.539. The Kier molecular flexibility index (Phi) is 2.26. The van der Waals surface area contributed by atoms with Crippen molar-refractivity contribution < 1.29 is 9.53 Å². The summed E-state index contributed by atoms with van der Waals surface area (Å²) in [6.07, 6.45) is 7.15. The molecule has 0 amide bonds. The Morgan fingerprint density at radius 3 is 3.10 bits per heavy atom. The molecule has 10 heavy (non-hydrogen) atoms. The minimum atomic E-state index is -0.254. The van der Waals surface area contributed by atoms with Crippen molar-refractivity contribution in [3.8, 4) is 0 Å². The molecule has 0 aliphatic carbocycles. The Balaban J connectivity index is 2.42. The minimum Gasteiger partial charge on any atom is -0.490 e. The van der Waals surface area contributed by atoms with Crippen LogP contribution in [0.25, 0.3) is 0 Å². The van der Waals surface area contributed by atoms with Gasteiger partial charge >= 0.3 is 0 Å². The predicted molar refractivity (Wildman–Crippen MR) is 38.5 cm³/mol. The second-order valence-corrected chi connectivity index (χ2v) is 2.13. The van der Waals surface area contributed by atoms with Crippen molar-refractivity contribution in [1.29, 1.82) is 0 Å². The summed E-state index contributed by atoms with van der Waals surface area (Å²) in [5.74, 6) is 0.0486. The van der Waals surface area contributed by atoms with E-state index in [2.05, 4.69) is 0 Å². The molecule has 1 aliphatic heterocycles. The molecular formula is C8H10O2. The predicted octanol–water partition coefficient (Wildman–Crippen LogP) is 1.43. The number of ketones is 1. The number of carbonyl (C=O) groups excluding carboxylic acids is 1. The standard InChI is InChI=1S/C8H10O2/c1-2-4-7(9)8-5-3-6-10-8/h2-4,6,8H,5H2,1H3. The van der Waals surface area contributed by atoms with Gasteiger partial charge in [-0.15, -0.1) is 0 Å². The van der Waals surface area contributed by atoms with E-state index in [-0.39, 0.29) is 11.9 Å². The first-order chi connectivity index (χ1) is 4.84. The molecule has 0 spiro atoms. The summed E-state index contributed by atoms with van der Waals surface area (Å²) in [6.45, 7) is 1.82. The molecule has 0 saturated heterocycles. The lowest BCUT2D eigenvalue weighted by atomic mass is 10.2. The van der Waals surface area contributed by atoms with Gasteiger partial charge in [-0.2, -0.15) is 0 Å². The monoisotopic (exact) mass is 138 g/mol. The molecule has 54 valence electrons. The molecule has 0 fully saturated rings. The average Bonchev–Trinajstić information content (AvgIpc) is 2.38. The fraction of sp³-hybridized carbons (Fsp3) is 0.375. The van der Waals surface area contributed by atoms with Crippen molar-refractivity contribution in [2.45, 2.75) is 19.4 Å². The van der Waals surface area contributed by atoms with E-state index in [4.69, 9.17) is 4.74 Å². The largest absolute Gasteiger partial charge is 0.490 e. The zero-order chi connectivity index (χ0) is 7.40. The van der Waals surface area contributed by atoms with E-state index in [0.29, 0.717) is 6.42 Å². The maximum Gasteiger partial charge on any atom is 0.196 e. The Bertz CT molecular complexity index is 172. The third-order valence-electron chi connectivity index (χ3n) is 1.34. The highest BCUT2D eigenvalue weighted by molar-refractivity contribution is 5.93. The highest BCUT2D eigenvalue weighted by Crippen LogP contribution is 2.09. The van der Waals surface area contributed by atoms with Crippen LogP contribution in [0.5, 0.6) is 0 Å². The van der Waals surface area contributed by atoms with Crippen LogP contribution in [-0.4, -0.2) is 11.9 Å². The number of allylic oxidation sites excluding steroid dienone is 1. The van der Waals surface area contributed by atoms with E-state index >= 15 is 0 Å². The van der Waals surface area contributed by atoms with Gasteiger partial charge < -0.3 is 4.74 Å². The Labute approximate surface area is 60.2 Å². The van der Waals surface area contributed by atoms with Crippen LogP contribution in [0.3, 0.4) is 0 Å². The van der Waals surface area contributed by atoms with E-state index in [1.165, 1.54) is 6.08 Å². The van der Waals surface area contributed by atoms with E-state index in [1.54, 1.807) is 12.3 Å². The third-order valence-corrected chi connectivity index (χ3v) is 1.34. The third kappa shape index (κ3) is 1.47. The summed E-state index contributed by atoms with van der Waals surface area (Å²) in [5, 5.41) is 0. The molecule has 1 rings (SSSR count). The van der Waals surface area contributed by atoms with Gasteiger partial charge in [0, 0.05) is 6.42 Å². The van der Waals surface area contributed by atoms with Crippen molar-refractivity contribution in [3.05, 3.63) is 24.5 Å². The lowest BCUT2D eigenvalue weighted by molar-refractivity contribution is -0.121. The Hall–Kier alpha value is -1.05. The SMILES string of the molecule is CC=CC(=O)C1CC=CO1. The maximum atomic E-state index is 11.0. The zero-order valence-corrected chi connectivity index (χ0v) is 5.91. The van der Waals surface area contributed by atoms with Gasteiger partial charge in [-0.3, -0.25) is 4.79 Å². The number of ether oxygens (including phenoxy) is 1. The fourth-order valence-corrected chi connectivity index (χ4v) is 0.840. The molecule has 2 nitrogen and oxygen atoms in total. The zero-order valence-electron chi connectivity index (χ0n) is 5.91. The van der Waals surface area contributed by atoms with Crippen LogP contribution in [0.2, 0.25) is 0 Å². The van der Waals surface area contributed by atoms with Crippen molar-refractivity contribution in [2.75, 3.05) is 0 Å². The van der Waals surface area contributed by atoms with Crippen LogP contribution in [0.1, 0.15) is 13.3 Å². The molecule has 1 heterocycles. The van der Waals surface area contributed by atoms with Crippen LogP contribution < -0.4 is 0 Å². The molecule has 0 aromatic rings. The smallest absolute Gasteiger partial charge is 0.196 e. The maximum absolute atomic E-state index is 11.0. The Morgan fingerprint density at radius 1 is 1.80 bits per heavy atom. The molecule has 2 heteroatoms. The Morgan fingerprint density at radius 2 is 2.60 bits per heavy atom. The van der Waals surface area contributed by atoms with Crippen molar-refractivity contribution >= 4 is 5.78 Å². The van der Waals surface area contributed by atoms with Gasteiger partial charge in [0.05, 0.1) is 6.26 Å². The van der Waals surface area contributed by atoms with Gasteiger partial charge in [-0.1, -0.05) is 6.08 Å². The van der Waals surface area contributed by atoms with Crippen LogP contribution in [0.4, 0.5) is 0 Å². The van der Waals surface area contributed by atoms with Crippen molar-refractivity contribution in [2.24, 2.45) is 0 Å². The fourth-order valence-electron chi connectivity index (χ4n) is 0.840. The van der Waals surface area contributed by atoms with Crippen LogP contribution in [-0.2, 0) is 9.53 Å². The van der Waals surface area contributed by atoms with Crippen LogP contribution >= 0.6 is 0 Å². The number of hydrogen-bond acceptors (Lipinski definition) is 2. The molecule has 1 unspecified atom stereocenters. The molecule has 0 bridgehead atoms. The highest BCUT2D eigenvalue weighted by Gasteiger charge is 2.17. The topological polar surface area (TPSA) is 26.3 Å². The molecule has 0 N–H and O–H groups in total. The number of rotatable bonds is 2. The molecule has 0 aromatic carbocycles. The van der Waals surface area contributed by atoms with Crippen LogP contribution in [0, 0.1) is 0 Å². The van der Waals surface area contributed by atoms with Crippen molar-refractivity contribution in [1.82, 2.24) is 0 Å². The summed E-state index contributed by atoms with van der Waals surface area (Å²) in [4.78, 5) is 11.0. The summed E-state index contributed by atoms with van der Waals surface area (Å²) in [5.41, 5.74) is 0. The highest BCUT2D eigenvalue weighted by atomic mass is 16.5. The van der Waals surface area contributed by atoms with Crippen LogP contribution in [0.15, 0.2) is 24.5 Å². The average molecular weight is 138 g/mol. The van der Waals surface area contributed by atoms with Gasteiger partial charge in [0.2, 0.25) is 0 Å². The van der Waals surface area contributed by atoms with Gasteiger partial charge in [-0.05, 0) is 19.1 Å². The molecule has 0 aromatic heterocycles. The van der Waals surface area contributed by atoms with E-state index in [9.17, 15) is 4.79 Å². The van der Waals surface area contributed by atoms with Gasteiger partial charge in [0.15, 0.2) is 11.9 Å². The lowest BCUT2D eigenvalue weighted by Crippen LogP contribution is -2.16. The van der Waals surface area contributed by atoms with E-state index < -0.39 is 0 Å². The van der Waals surface area contributed by atoms with E-state index in [0.717, 1.165) is 0 Å². The van der Waals surface area contributed by atoms with Gasteiger partial charge in [0.25, 0.3) is 0 Å². The molecule has 0 saturated carbocycles. The first-order valence-electron chi connectivity index (χ1n) is 3.31. The second kappa shape index (κ2) is 3.20. The lowest BCUT2D eigenvalue weighted by Gasteiger charge is -2.03. The van der Waals surface area contributed by atoms with Gasteiger partial charge in [0.1, 0.15) is 0 Å². The second-order valence-electron chi connectivity index (χ2n) is 2.13. The summed E-state index contributed by atoms with van der Waals surface area (Å²) < 4.78 is 4.99. The summed E-state index contributed by atoms with van der Waals surface area (Å²) in [7, 11) is 0.